The maximum Gasteiger partial charge on any atom is 0.406 e. The third kappa shape index (κ3) is 3.48. The summed E-state index contributed by atoms with van der Waals surface area (Å²) in [4.78, 5) is 13.4. The number of nitrogens with zero attached hydrogens (tertiary/aromatic N) is 3. The van der Waals surface area contributed by atoms with Crippen molar-refractivity contribution in [2.24, 2.45) is 5.92 Å². The molecule has 5 nitrogen and oxygen atoms in total. The van der Waals surface area contributed by atoms with Gasteiger partial charge in [-0.3, -0.25) is 9.48 Å². The molecule has 1 amide bonds. The maximum absolute atomic E-state index is 12.8. The van der Waals surface area contributed by atoms with Gasteiger partial charge in [0.25, 0.3) is 5.91 Å². The zero-order valence-electron chi connectivity index (χ0n) is 12.0. The number of nitrogens with two attached hydrogens (primary N) is 1. The predicted molar refractivity (Wildman–Crippen MR) is 71.6 cm³/mol. The number of anilines is 1. The number of amides is 1. The van der Waals surface area contributed by atoms with Gasteiger partial charge in [0.2, 0.25) is 0 Å². The second-order valence-electron chi connectivity index (χ2n) is 5.39. The standard InChI is InChI=1S/C13H19F3N4O/c1-3-20-11(10(17)6-18-20)12(21)19(7-13(14,15)16)8(2)9-4-5-9/h6,8-9H,3-5,7,17H2,1-2H3. The Morgan fingerprint density at radius 1 is 1.57 bits per heavy atom. The van der Waals surface area contributed by atoms with Gasteiger partial charge >= 0.3 is 6.18 Å². The van der Waals surface area contributed by atoms with Crippen LogP contribution < -0.4 is 5.73 Å². The zero-order chi connectivity index (χ0) is 15.8. The third-order valence-corrected chi connectivity index (χ3v) is 3.78. The highest BCUT2D eigenvalue weighted by Gasteiger charge is 2.41. The number of aryl methyl sites for hydroxylation is 1. The van der Waals surface area contributed by atoms with Gasteiger partial charge in [-0.2, -0.15) is 18.3 Å². The van der Waals surface area contributed by atoms with Crippen LogP contribution >= 0.6 is 0 Å². The summed E-state index contributed by atoms with van der Waals surface area (Å²) in [6, 6.07) is -0.460. The van der Waals surface area contributed by atoms with Crippen LogP contribution in [-0.2, 0) is 6.54 Å². The van der Waals surface area contributed by atoms with Gasteiger partial charge in [-0.05, 0) is 32.6 Å². The van der Waals surface area contributed by atoms with E-state index < -0.39 is 24.7 Å². The fourth-order valence-electron chi connectivity index (χ4n) is 2.44. The van der Waals surface area contributed by atoms with E-state index in [9.17, 15) is 18.0 Å². The van der Waals surface area contributed by atoms with Gasteiger partial charge in [0.05, 0.1) is 11.9 Å². The molecule has 1 aromatic heterocycles. The van der Waals surface area contributed by atoms with Gasteiger partial charge in [0.15, 0.2) is 0 Å². The summed E-state index contributed by atoms with van der Waals surface area (Å²) in [7, 11) is 0. The topological polar surface area (TPSA) is 64.2 Å². The molecule has 8 heteroatoms. The molecule has 118 valence electrons. The van der Waals surface area contributed by atoms with E-state index in [1.165, 1.54) is 10.9 Å². The van der Waals surface area contributed by atoms with Crippen LogP contribution in [0.3, 0.4) is 0 Å². The van der Waals surface area contributed by atoms with Gasteiger partial charge in [0, 0.05) is 12.6 Å². The molecule has 1 saturated carbocycles. The third-order valence-electron chi connectivity index (χ3n) is 3.78. The SMILES string of the molecule is CCn1ncc(N)c1C(=O)N(CC(F)(F)F)C(C)C1CC1. The zero-order valence-corrected chi connectivity index (χ0v) is 12.0. The number of rotatable bonds is 5. The van der Waals surface area contributed by atoms with E-state index in [-0.39, 0.29) is 17.3 Å². The molecule has 0 aliphatic heterocycles. The number of alkyl halides is 3. The second kappa shape index (κ2) is 5.57. The van der Waals surface area contributed by atoms with Crippen molar-refractivity contribution in [3.8, 4) is 0 Å². The van der Waals surface area contributed by atoms with Crippen LogP contribution in [-0.4, -0.2) is 39.4 Å². The number of hydrogen-bond donors (Lipinski definition) is 1. The Morgan fingerprint density at radius 3 is 2.67 bits per heavy atom. The molecule has 1 unspecified atom stereocenters. The quantitative estimate of drug-likeness (QED) is 0.907. The van der Waals surface area contributed by atoms with Gasteiger partial charge in [-0.1, -0.05) is 0 Å². The number of hydrogen-bond acceptors (Lipinski definition) is 3. The van der Waals surface area contributed by atoms with Crippen molar-refractivity contribution in [3.05, 3.63) is 11.9 Å². The normalized spacial score (nSPS) is 16.8. The molecule has 1 aliphatic rings. The summed E-state index contributed by atoms with van der Waals surface area (Å²) in [6.07, 6.45) is -1.44. The first-order valence-electron chi connectivity index (χ1n) is 6.93. The average molecular weight is 304 g/mol. The van der Waals surface area contributed by atoms with Crippen LogP contribution in [0.25, 0.3) is 0 Å². The van der Waals surface area contributed by atoms with Crippen LogP contribution in [0.4, 0.5) is 18.9 Å². The lowest BCUT2D eigenvalue weighted by Crippen LogP contribution is -2.46. The lowest BCUT2D eigenvalue weighted by atomic mass is 10.1. The smallest absolute Gasteiger partial charge is 0.396 e. The summed E-state index contributed by atoms with van der Waals surface area (Å²) in [6.45, 7) is 2.51. The summed E-state index contributed by atoms with van der Waals surface area (Å²) < 4.78 is 39.7. The van der Waals surface area contributed by atoms with Crippen molar-refractivity contribution in [2.45, 2.75) is 45.5 Å². The fraction of sp³-hybridized carbons (Fsp3) is 0.692. The highest BCUT2D eigenvalue weighted by molar-refractivity contribution is 5.97. The minimum atomic E-state index is -4.44. The molecule has 0 aromatic carbocycles. The van der Waals surface area contributed by atoms with Crippen LogP contribution in [0.15, 0.2) is 6.20 Å². The molecule has 2 rings (SSSR count). The van der Waals surface area contributed by atoms with E-state index in [1.54, 1.807) is 13.8 Å². The van der Waals surface area contributed by atoms with Gasteiger partial charge in [-0.15, -0.1) is 0 Å². The lowest BCUT2D eigenvalue weighted by Gasteiger charge is -2.30. The average Bonchev–Trinajstić information content (AvgIpc) is 3.17. The monoisotopic (exact) mass is 304 g/mol. The summed E-state index contributed by atoms with van der Waals surface area (Å²) in [5.41, 5.74) is 5.84. The number of carbonyl (C=O) groups excluding carboxylic acids is 1. The molecule has 21 heavy (non-hydrogen) atoms. The lowest BCUT2D eigenvalue weighted by molar-refractivity contribution is -0.144. The van der Waals surface area contributed by atoms with Crippen molar-refractivity contribution in [1.29, 1.82) is 0 Å². The van der Waals surface area contributed by atoms with Gasteiger partial charge in [0.1, 0.15) is 12.2 Å². The highest BCUT2D eigenvalue weighted by atomic mass is 19.4. The van der Waals surface area contributed by atoms with E-state index >= 15 is 0 Å². The van der Waals surface area contributed by atoms with Crippen molar-refractivity contribution >= 4 is 11.6 Å². The van der Waals surface area contributed by atoms with Gasteiger partial charge < -0.3 is 10.6 Å². The Kier molecular flexibility index (Phi) is 4.15. The summed E-state index contributed by atoms with van der Waals surface area (Å²) >= 11 is 0. The molecule has 0 radical (unpaired) electrons. The van der Waals surface area contributed by atoms with Crippen LogP contribution in [0.2, 0.25) is 0 Å². The van der Waals surface area contributed by atoms with Crippen molar-refractivity contribution in [1.82, 2.24) is 14.7 Å². The molecular formula is C13H19F3N4O. The van der Waals surface area contributed by atoms with Crippen LogP contribution in [0.5, 0.6) is 0 Å². The van der Waals surface area contributed by atoms with E-state index in [0.29, 0.717) is 6.54 Å². The first-order chi connectivity index (χ1) is 9.74. The molecule has 1 atom stereocenters. The van der Waals surface area contributed by atoms with Crippen molar-refractivity contribution in [2.75, 3.05) is 12.3 Å². The van der Waals surface area contributed by atoms with E-state index in [0.717, 1.165) is 17.7 Å². The minimum Gasteiger partial charge on any atom is -0.396 e. The Labute approximate surface area is 120 Å². The number of halogens is 3. The Balaban J connectivity index is 2.30. The minimum absolute atomic E-state index is 0.0363. The summed E-state index contributed by atoms with van der Waals surface area (Å²) in [5.74, 6) is -0.570. The predicted octanol–water partition coefficient (Wildman–Crippen LogP) is 2.29. The maximum atomic E-state index is 12.8. The van der Waals surface area contributed by atoms with Crippen molar-refractivity contribution in [3.63, 3.8) is 0 Å². The molecular weight excluding hydrogens is 285 g/mol. The van der Waals surface area contributed by atoms with E-state index in [4.69, 9.17) is 5.73 Å². The molecule has 0 spiro atoms. The van der Waals surface area contributed by atoms with E-state index in [1.807, 2.05) is 0 Å². The van der Waals surface area contributed by atoms with E-state index in [2.05, 4.69) is 5.10 Å². The Hall–Kier alpha value is -1.73. The second-order valence-corrected chi connectivity index (χ2v) is 5.39. The first kappa shape index (κ1) is 15.7. The molecule has 0 bridgehead atoms. The van der Waals surface area contributed by atoms with Crippen LogP contribution in [0, 0.1) is 5.92 Å². The number of carbonyl (C=O) groups is 1. The van der Waals surface area contributed by atoms with Crippen LogP contribution in [0.1, 0.15) is 37.2 Å². The molecule has 1 heterocycles. The van der Waals surface area contributed by atoms with Crippen molar-refractivity contribution < 1.29 is 18.0 Å². The Morgan fingerprint density at radius 2 is 2.19 bits per heavy atom. The molecule has 0 saturated heterocycles. The largest absolute Gasteiger partial charge is 0.406 e. The first-order valence-corrected chi connectivity index (χ1v) is 6.93. The molecule has 1 aliphatic carbocycles. The number of nitrogen functional groups attached to an aromatic ring is 1. The fourth-order valence-corrected chi connectivity index (χ4v) is 2.44. The molecule has 1 aromatic rings. The Bertz CT molecular complexity index is 522. The summed E-state index contributed by atoms with van der Waals surface area (Å²) in [5, 5.41) is 3.92. The highest BCUT2D eigenvalue weighted by Crippen LogP contribution is 2.37. The molecule has 1 fully saturated rings. The molecule has 2 N–H and O–H groups in total. The number of aromatic nitrogens is 2. The van der Waals surface area contributed by atoms with Gasteiger partial charge in [-0.25, -0.2) is 0 Å².